The van der Waals surface area contributed by atoms with Crippen LogP contribution in [0.5, 0.6) is 5.75 Å². The Bertz CT molecular complexity index is 616. The van der Waals surface area contributed by atoms with Crippen molar-refractivity contribution in [3.05, 3.63) is 29.8 Å². The summed E-state index contributed by atoms with van der Waals surface area (Å²) >= 11 is 0. The Labute approximate surface area is 136 Å². The van der Waals surface area contributed by atoms with Gasteiger partial charge in [0.2, 0.25) is 0 Å². The minimum absolute atomic E-state index is 0.000159. The van der Waals surface area contributed by atoms with Crippen LogP contribution in [0.15, 0.2) is 24.3 Å². The van der Waals surface area contributed by atoms with Crippen molar-refractivity contribution < 1.29 is 14.3 Å². The third-order valence-electron chi connectivity index (χ3n) is 5.13. The Morgan fingerprint density at radius 1 is 1.30 bits per heavy atom. The molecule has 1 aromatic rings. The number of nitrogens with zero attached hydrogens (tertiary/aromatic N) is 1. The second-order valence-electron chi connectivity index (χ2n) is 6.75. The van der Waals surface area contributed by atoms with E-state index < -0.39 is 6.10 Å². The summed E-state index contributed by atoms with van der Waals surface area (Å²) in [5.74, 6) is 1.51. The number of likely N-dealkylation sites (tertiary alicyclic amines) is 1. The first-order valence-electron chi connectivity index (χ1n) is 8.27. The number of amides is 1. The molecule has 2 fully saturated rings. The highest BCUT2D eigenvalue weighted by Gasteiger charge is 2.43. The number of ether oxygens (including phenoxy) is 1. The molecule has 5 nitrogen and oxygen atoms in total. The highest BCUT2D eigenvalue weighted by atomic mass is 16.5. The van der Waals surface area contributed by atoms with Gasteiger partial charge in [0.1, 0.15) is 5.75 Å². The molecule has 1 aliphatic heterocycles. The number of rotatable bonds is 4. The fourth-order valence-corrected chi connectivity index (χ4v) is 3.79. The molecular weight excluding hydrogens is 292 g/mol. The molecule has 1 aromatic carbocycles. The number of nitrogens with two attached hydrogens (primary N) is 1. The molecule has 2 aliphatic rings. The highest BCUT2D eigenvalue weighted by molar-refractivity contribution is 5.94. The van der Waals surface area contributed by atoms with Crippen molar-refractivity contribution in [3.63, 3.8) is 0 Å². The van der Waals surface area contributed by atoms with Crippen molar-refractivity contribution >= 4 is 11.7 Å². The first-order valence-corrected chi connectivity index (χ1v) is 8.27. The smallest absolute Gasteiger partial charge is 0.263 e. The fourth-order valence-electron chi connectivity index (χ4n) is 3.79. The Morgan fingerprint density at radius 3 is 2.78 bits per heavy atom. The van der Waals surface area contributed by atoms with Crippen LogP contribution < -0.4 is 10.5 Å². The van der Waals surface area contributed by atoms with Gasteiger partial charge in [0, 0.05) is 24.7 Å². The molecule has 124 valence electrons. The highest BCUT2D eigenvalue weighted by Crippen LogP contribution is 2.37. The zero-order chi connectivity index (χ0) is 16.6. The summed E-state index contributed by atoms with van der Waals surface area (Å²) in [5.41, 5.74) is 6.71. The molecule has 0 bridgehead atoms. The van der Waals surface area contributed by atoms with Gasteiger partial charge < -0.3 is 15.4 Å². The standard InChI is InChI=1S/C18H24N2O3/c1-11(21)13-4-3-5-15(8-13)23-12(2)18(22)20-9-14-6-7-17(19)16(14)10-20/h3-5,8,12,14,16-17H,6-7,9-10,19H2,1-2H3. The third-order valence-corrected chi connectivity index (χ3v) is 5.13. The number of carbonyl (C=O) groups excluding carboxylic acids is 2. The maximum Gasteiger partial charge on any atom is 0.263 e. The van der Waals surface area contributed by atoms with Crippen LogP contribution in [0.25, 0.3) is 0 Å². The van der Waals surface area contributed by atoms with Gasteiger partial charge in [-0.2, -0.15) is 0 Å². The van der Waals surface area contributed by atoms with Crippen molar-refractivity contribution in [2.24, 2.45) is 17.6 Å². The maximum atomic E-state index is 12.6. The lowest BCUT2D eigenvalue weighted by Crippen LogP contribution is -2.40. The summed E-state index contributed by atoms with van der Waals surface area (Å²) in [6.45, 7) is 4.81. The van der Waals surface area contributed by atoms with Crippen LogP contribution in [0.2, 0.25) is 0 Å². The molecule has 0 radical (unpaired) electrons. The lowest BCUT2D eigenvalue weighted by atomic mass is 9.98. The number of fused-ring (bicyclic) bond motifs is 1. The molecule has 1 heterocycles. The van der Waals surface area contributed by atoms with Crippen LogP contribution in [0.4, 0.5) is 0 Å². The topological polar surface area (TPSA) is 72.6 Å². The molecule has 23 heavy (non-hydrogen) atoms. The van der Waals surface area contributed by atoms with Gasteiger partial charge in [-0.05, 0) is 50.7 Å². The van der Waals surface area contributed by atoms with Crippen molar-refractivity contribution in [3.8, 4) is 5.75 Å². The van der Waals surface area contributed by atoms with Crippen molar-refractivity contribution in [2.45, 2.75) is 38.8 Å². The molecule has 1 aliphatic carbocycles. The largest absolute Gasteiger partial charge is 0.481 e. The summed E-state index contributed by atoms with van der Waals surface area (Å²) in [4.78, 5) is 25.9. The molecule has 0 aromatic heterocycles. The number of ketones is 1. The molecule has 4 unspecified atom stereocenters. The lowest BCUT2D eigenvalue weighted by Gasteiger charge is -2.23. The number of Topliss-reactive ketones (excluding diaryl/α,β-unsaturated/α-hetero) is 1. The molecule has 0 spiro atoms. The second-order valence-corrected chi connectivity index (χ2v) is 6.75. The van der Waals surface area contributed by atoms with Gasteiger partial charge in [0.15, 0.2) is 11.9 Å². The van der Waals surface area contributed by atoms with Crippen LogP contribution >= 0.6 is 0 Å². The van der Waals surface area contributed by atoms with E-state index in [0.717, 1.165) is 25.9 Å². The quantitative estimate of drug-likeness (QED) is 0.861. The first-order chi connectivity index (χ1) is 11.0. The van der Waals surface area contributed by atoms with E-state index in [1.54, 1.807) is 31.2 Å². The minimum Gasteiger partial charge on any atom is -0.481 e. The summed E-state index contributed by atoms with van der Waals surface area (Å²) in [7, 11) is 0. The molecule has 1 saturated heterocycles. The average Bonchev–Trinajstić information content (AvgIpc) is 3.09. The normalized spacial score (nSPS) is 27.6. The van der Waals surface area contributed by atoms with E-state index in [1.165, 1.54) is 6.92 Å². The Hall–Kier alpha value is -1.88. The van der Waals surface area contributed by atoms with Gasteiger partial charge in [-0.1, -0.05) is 12.1 Å². The SMILES string of the molecule is CC(=O)c1cccc(OC(C)C(=O)N2CC3CCC(N)C3C2)c1. The summed E-state index contributed by atoms with van der Waals surface area (Å²) in [6.07, 6.45) is 1.62. The third kappa shape index (κ3) is 3.24. The van der Waals surface area contributed by atoms with E-state index >= 15 is 0 Å². The van der Waals surface area contributed by atoms with E-state index in [1.807, 2.05) is 4.90 Å². The van der Waals surface area contributed by atoms with Gasteiger partial charge in [0.25, 0.3) is 5.91 Å². The van der Waals surface area contributed by atoms with Crippen molar-refractivity contribution in [2.75, 3.05) is 13.1 Å². The summed E-state index contributed by atoms with van der Waals surface area (Å²) < 4.78 is 5.75. The second kappa shape index (κ2) is 6.32. The molecule has 5 heteroatoms. The molecule has 2 N–H and O–H groups in total. The summed E-state index contributed by atoms with van der Waals surface area (Å²) in [5, 5.41) is 0. The average molecular weight is 316 g/mol. The number of hydrogen-bond acceptors (Lipinski definition) is 4. The number of benzene rings is 1. The van der Waals surface area contributed by atoms with E-state index in [4.69, 9.17) is 10.5 Å². The Morgan fingerprint density at radius 2 is 2.09 bits per heavy atom. The van der Waals surface area contributed by atoms with Crippen LogP contribution in [-0.2, 0) is 4.79 Å². The van der Waals surface area contributed by atoms with Gasteiger partial charge >= 0.3 is 0 Å². The molecule has 4 atom stereocenters. The molecule has 3 rings (SSSR count). The van der Waals surface area contributed by atoms with Gasteiger partial charge in [-0.25, -0.2) is 0 Å². The monoisotopic (exact) mass is 316 g/mol. The van der Waals surface area contributed by atoms with E-state index in [-0.39, 0.29) is 17.7 Å². The maximum absolute atomic E-state index is 12.6. The van der Waals surface area contributed by atoms with Gasteiger partial charge in [-0.3, -0.25) is 9.59 Å². The number of carbonyl (C=O) groups is 2. The Kier molecular flexibility index (Phi) is 4.39. The zero-order valence-electron chi connectivity index (χ0n) is 13.7. The van der Waals surface area contributed by atoms with E-state index in [0.29, 0.717) is 23.1 Å². The van der Waals surface area contributed by atoms with E-state index in [9.17, 15) is 9.59 Å². The van der Waals surface area contributed by atoms with Crippen LogP contribution in [0.1, 0.15) is 37.0 Å². The van der Waals surface area contributed by atoms with Crippen LogP contribution in [0, 0.1) is 11.8 Å². The first kappa shape index (κ1) is 16.0. The predicted molar refractivity (Wildman–Crippen MR) is 87.3 cm³/mol. The lowest BCUT2D eigenvalue weighted by molar-refractivity contribution is -0.137. The van der Waals surface area contributed by atoms with Gasteiger partial charge in [0.05, 0.1) is 0 Å². The van der Waals surface area contributed by atoms with Gasteiger partial charge in [-0.15, -0.1) is 0 Å². The van der Waals surface area contributed by atoms with E-state index in [2.05, 4.69) is 0 Å². The van der Waals surface area contributed by atoms with Crippen molar-refractivity contribution in [1.82, 2.24) is 4.90 Å². The fraction of sp³-hybridized carbons (Fsp3) is 0.556. The molecule has 1 saturated carbocycles. The van der Waals surface area contributed by atoms with Crippen molar-refractivity contribution in [1.29, 1.82) is 0 Å². The molecule has 1 amide bonds. The summed E-state index contributed by atoms with van der Waals surface area (Å²) in [6, 6.07) is 7.18. The van der Waals surface area contributed by atoms with Crippen LogP contribution in [0.3, 0.4) is 0 Å². The zero-order valence-corrected chi connectivity index (χ0v) is 13.7. The minimum atomic E-state index is -0.563. The number of hydrogen-bond donors (Lipinski definition) is 1. The molecular formula is C18H24N2O3. The van der Waals surface area contributed by atoms with Crippen LogP contribution in [-0.4, -0.2) is 41.8 Å². The predicted octanol–water partition coefficient (Wildman–Crippen LogP) is 1.85. The Balaban J connectivity index is 1.62.